The summed E-state index contributed by atoms with van der Waals surface area (Å²) in [6.07, 6.45) is 2.39. The Morgan fingerprint density at radius 1 is 1.03 bits per heavy atom. The normalized spacial score (nSPS) is 11.9. The van der Waals surface area contributed by atoms with Crippen LogP contribution in [-0.2, 0) is 4.79 Å². The number of ether oxygens (including phenoxy) is 1. The van der Waals surface area contributed by atoms with Crippen LogP contribution in [0.1, 0.15) is 36.2 Å². The van der Waals surface area contributed by atoms with E-state index in [2.05, 4.69) is 15.6 Å². The fourth-order valence-corrected chi connectivity index (χ4v) is 3.23. The predicted octanol–water partition coefficient (Wildman–Crippen LogP) is 3.88. The molecule has 2 amide bonds. The van der Waals surface area contributed by atoms with Gasteiger partial charge in [0.25, 0.3) is 5.91 Å². The molecule has 0 saturated heterocycles. The van der Waals surface area contributed by atoms with Crippen LogP contribution in [-0.4, -0.2) is 36.0 Å². The van der Waals surface area contributed by atoms with Crippen molar-refractivity contribution in [1.82, 2.24) is 15.6 Å². The van der Waals surface area contributed by atoms with Crippen LogP contribution in [0.3, 0.4) is 0 Å². The molecule has 0 aliphatic rings. The summed E-state index contributed by atoms with van der Waals surface area (Å²) in [5.74, 6) is 0.255. The molecule has 3 aromatic rings. The van der Waals surface area contributed by atoms with Crippen molar-refractivity contribution in [3.8, 4) is 5.75 Å². The van der Waals surface area contributed by atoms with Crippen molar-refractivity contribution in [1.29, 1.82) is 0 Å². The predicted molar refractivity (Wildman–Crippen MR) is 122 cm³/mol. The van der Waals surface area contributed by atoms with Gasteiger partial charge in [-0.3, -0.25) is 14.6 Å². The molecule has 2 N–H and O–H groups in total. The quantitative estimate of drug-likeness (QED) is 0.516. The van der Waals surface area contributed by atoms with Crippen LogP contribution in [0.5, 0.6) is 5.75 Å². The average molecular weight is 420 g/mol. The molecule has 31 heavy (non-hydrogen) atoms. The Hall–Kier alpha value is -3.41. The van der Waals surface area contributed by atoms with E-state index in [1.165, 1.54) is 0 Å². The summed E-state index contributed by atoms with van der Waals surface area (Å²) in [5.41, 5.74) is 2.45. The van der Waals surface area contributed by atoms with Crippen LogP contribution >= 0.6 is 0 Å². The lowest BCUT2D eigenvalue weighted by atomic mass is 10.0. The van der Waals surface area contributed by atoms with Crippen molar-refractivity contribution in [2.75, 3.05) is 13.2 Å². The Labute approximate surface area is 183 Å². The van der Waals surface area contributed by atoms with E-state index in [0.717, 1.165) is 22.2 Å². The molecule has 1 unspecified atom stereocenters. The van der Waals surface area contributed by atoms with Gasteiger partial charge in [-0.15, -0.1) is 0 Å². The van der Waals surface area contributed by atoms with E-state index in [1.54, 1.807) is 18.3 Å². The molecule has 162 valence electrons. The van der Waals surface area contributed by atoms with E-state index in [0.29, 0.717) is 25.1 Å². The number of rotatable bonds is 9. The standard InChI is InChI=1S/C25H29N3O3/c1-17(2)22(28-24(29)20-12-10-18(3)11-13-20)25(30)27-15-6-16-31-21-9-4-7-19-8-5-14-26-23(19)21/h4-5,7-14,17,22H,6,15-16H2,1-3H3,(H,27,30)(H,28,29). The summed E-state index contributed by atoms with van der Waals surface area (Å²) >= 11 is 0. The highest BCUT2D eigenvalue weighted by Crippen LogP contribution is 2.22. The van der Waals surface area contributed by atoms with Gasteiger partial charge < -0.3 is 15.4 Å². The van der Waals surface area contributed by atoms with Gasteiger partial charge in [0.15, 0.2) is 0 Å². The minimum Gasteiger partial charge on any atom is -0.491 e. The Bertz CT molecular complexity index is 1030. The molecule has 6 heteroatoms. The van der Waals surface area contributed by atoms with Crippen LogP contribution in [0.2, 0.25) is 0 Å². The van der Waals surface area contributed by atoms with Crippen LogP contribution in [0.4, 0.5) is 0 Å². The number of carbonyl (C=O) groups is 2. The van der Waals surface area contributed by atoms with Crippen molar-refractivity contribution >= 4 is 22.7 Å². The second-order valence-electron chi connectivity index (χ2n) is 7.89. The van der Waals surface area contributed by atoms with E-state index >= 15 is 0 Å². The van der Waals surface area contributed by atoms with Crippen molar-refractivity contribution in [2.45, 2.75) is 33.2 Å². The van der Waals surface area contributed by atoms with Crippen LogP contribution < -0.4 is 15.4 Å². The van der Waals surface area contributed by atoms with E-state index in [-0.39, 0.29) is 17.7 Å². The van der Waals surface area contributed by atoms with E-state index in [4.69, 9.17) is 4.74 Å². The molecule has 0 spiro atoms. The van der Waals surface area contributed by atoms with E-state index in [1.807, 2.05) is 63.2 Å². The molecule has 3 rings (SSSR count). The maximum absolute atomic E-state index is 12.6. The van der Waals surface area contributed by atoms with Crippen molar-refractivity contribution in [3.05, 3.63) is 71.9 Å². The van der Waals surface area contributed by atoms with Gasteiger partial charge in [0.05, 0.1) is 6.61 Å². The maximum atomic E-state index is 12.6. The number of para-hydroxylation sites is 1. The molecular formula is C25H29N3O3. The molecule has 0 saturated carbocycles. The van der Waals surface area contributed by atoms with Gasteiger partial charge in [0.2, 0.25) is 5.91 Å². The van der Waals surface area contributed by atoms with Gasteiger partial charge in [-0.1, -0.05) is 49.7 Å². The SMILES string of the molecule is Cc1ccc(C(=O)NC(C(=O)NCCCOc2cccc3cccnc23)C(C)C)cc1. The molecule has 0 radical (unpaired) electrons. The summed E-state index contributed by atoms with van der Waals surface area (Å²) in [6, 6.07) is 16.4. The largest absolute Gasteiger partial charge is 0.491 e. The number of hydrogen-bond donors (Lipinski definition) is 2. The average Bonchev–Trinajstić information content (AvgIpc) is 2.77. The van der Waals surface area contributed by atoms with Crippen molar-refractivity contribution in [3.63, 3.8) is 0 Å². The van der Waals surface area contributed by atoms with Crippen LogP contribution in [0.15, 0.2) is 60.8 Å². The van der Waals surface area contributed by atoms with Gasteiger partial charge >= 0.3 is 0 Å². The number of hydrogen-bond acceptors (Lipinski definition) is 4. The number of aryl methyl sites for hydroxylation is 1. The fourth-order valence-electron chi connectivity index (χ4n) is 3.23. The molecule has 0 aliphatic carbocycles. The third-order valence-corrected chi connectivity index (χ3v) is 5.02. The molecule has 0 fully saturated rings. The smallest absolute Gasteiger partial charge is 0.251 e. The topological polar surface area (TPSA) is 80.3 Å². The Morgan fingerprint density at radius 3 is 2.52 bits per heavy atom. The van der Waals surface area contributed by atoms with E-state index in [9.17, 15) is 9.59 Å². The monoisotopic (exact) mass is 419 g/mol. The highest BCUT2D eigenvalue weighted by atomic mass is 16.5. The Balaban J connectivity index is 1.47. The molecule has 2 aromatic carbocycles. The second-order valence-corrected chi connectivity index (χ2v) is 7.89. The summed E-state index contributed by atoms with van der Waals surface area (Å²) in [4.78, 5) is 29.5. The summed E-state index contributed by atoms with van der Waals surface area (Å²) in [7, 11) is 0. The summed E-state index contributed by atoms with van der Waals surface area (Å²) in [5, 5.41) is 6.78. The molecule has 1 atom stereocenters. The molecule has 6 nitrogen and oxygen atoms in total. The first-order chi connectivity index (χ1) is 15.0. The third kappa shape index (κ3) is 6.04. The number of carbonyl (C=O) groups excluding carboxylic acids is 2. The minimum absolute atomic E-state index is 0.0348. The molecular weight excluding hydrogens is 390 g/mol. The lowest BCUT2D eigenvalue weighted by molar-refractivity contribution is -0.123. The number of aromatic nitrogens is 1. The molecule has 1 aromatic heterocycles. The first-order valence-corrected chi connectivity index (χ1v) is 10.6. The number of amides is 2. The first kappa shape index (κ1) is 22.3. The Kier molecular flexibility index (Phi) is 7.60. The summed E-state index contributed by atoms with van der Waals surface area (Å²) < 4.78 is 5.86. The van der Waals surface area contributed by atoms with Gasteiger partial charge in [-0.05, 0) is 43.5 Å². The van der Waals surface area contributed by atoms with Crippen molar-refractivity contribution in [2.24, 2.45) is 5.92 Å². The van der Waals surface area contributed by atoms with Crippen LogP contribution in [0.25, 0.3) is 10.9 Å². The molecule has 0 aliphatic heterocycles. The van der Waals surface area contributed by atoms with Crippen LogP contribution in [0, 0.1) is 12.8 Å². The second kappa shape index (κ2) is 10.6. The van der Waals surface area contributed by atoms with E-state index < -0.39 is 6.04 Å². The maximum Gasteiger partial charge on any atom is 0.251 e. The molecule has 1 heterocycles. The summed E-state index contributed by atoms with van der Waals surface area (Å²) in [6.45, 7) is 6.71. The Morgan fingerprint density at radius 2 is 1.77 bits per heavy atom. The fraction of sp³-hybridized carbons (Fsp3) is 0.320. The number of fused-ring (bicyclic) bond motifs is 1. The lowest BCUT2D eigenvalue weighted by Crippen LogP contribution is -2.50. The van der Waals surface area contributed by atoms with Gasteiger partial charge in [-0.2, -0.15) is 0 Å². The number of benzene rings is 2. The zero-order valence-electron chi connectivity index (χ0n) is 18.2. The highest BCUT2D eigenvalue weighted by molar-refractivity contribution is 5.97. The van der Waals surface area contributed by atoms with Gasteiger partial charge in [0.1, 0.15) is 17.3 Å². The number of pyridine rings is 1. The van der Waals surface area contributed by atoms with Crippen molar-refractivity contribution < 1.29 is 14.3 Å². The highest BCUT2D eigenvalue weighted by Gasteiger charge is 2.24. The minimum atomic E-state index is -0.600. The molecule has 0 bridgehead atoms. The third-order valence-electron chi connectivity index (χ3n) is 5.02. The zero-order valence-corrected chi connectivity index (χ0v) is 18.2. The zero-order chi connectivity index (χ0) is 22.2. The number of nitrogens with one attached hydrogen (secondary N) is 2. The van der Waals surface area contributed by atoms with Gasteiger partial charge in [0, 0.05) is 23.7 Å². The van der Waals surface area contributed by atoms with Gasteiger partial charge in [-0.25, -0.2) is 0 Å². The lowest BCUT2D eigenvalue weighted by Gasteiger charge is -2.22. The number of nitrogens with zero attached hydrogens (tertiary/aromatic N) is 1. The first-order valence-electron chi connectivity index (χ1n) is 10.6.